The molecular weight excluding hydrogens is 284 g/mol. The summed E-state index contributed by atoms with van der Waals surface area (Å²) in [6.07, 6.45) is 3.20. The minimum atomic E-state index is -0.559. The second-order valence-electron chi connectivity index (χ2n) is 4.17. The summed E-state index contributed by atoms with van der Waals surface area (Å²) in [7, 11) is 0. The first-order valence-electron chi connectivity index (χ1n) is 6.37. The zero-order valence-corrected chi connectivity index (χ0v) is 11.8. The monoisotopic (exact) mass is 300 g/mol. The lowest BCUT2D eigenvalue weighted by Crippen LogP contribution is -2.14. The van der Waals surface area contributed by atoms with Crippen molar-refractivity contribution in [1.82, 2.24) is 0 Å². The normalized spacial score (nSPS) is 10.1. The second kappa shape index (κ2) is 9.14. The minimum absolute atomic E-state index is 0.0248. The molecule has 0 saturated carbocycles. The number of nitrogens with one attached hydrogen (secondary N) is 1. The molecule has 110 valence electrons. The van der Waals surface area contributed by atoms with Gasteiger partial charge >= 0.3 is 6.09 Å². The molecule has 0 radical (unpaired) electrons. The molecule has 0 fully saturated rings. The van der Waals surface area contributed by atoms with E-state index in [9.17, 15) is 14.9 Å². The number of hydrogen-bond donors (Lipinski definition) is 1. The number of halogens is 1. The molecule has 0 aromatic heterocycles. The van der Waals surface area contributed by atoms with Crippen molar-refractivity contribution in [2.75, 3.05) is 17.8 Å². The van der Waals surface area contributed by atoms with Crippen LogP contribution in [0.15, 0.2) is 24.3 Å². The third kappa shape index (κ3) is 6.38. The van der Waals surface area contributed by atoms with Crippen LogP contribution in [0.4, 0.5) is 16.2 Å². The molecule has 1 amide bonds. The van der Waals surface area contributed by atoms with Crippen LogP contribution in [0.5, 0.6) is 0 Å². The molecule has 7 heteroatoms. The van der Waals surface area contributed by atoms with Gasteiger partial charge in [0.1, 0.15) is 0 Å². The van der Waals surface area contributed by atoms with Crippen molar-refractivity contribution < 1.29 is 14.5 Å². The zero-order valence-electron chi connectivity index (χ0n) is 11.0. The van der Waals surface area contributed by atoms with Crippen LogP contribution >= 0.6 is 11.6 Å². The second-order valence-corrected chi connectivity index (χ2v) is 4.55. The quantitative estimate of drug-likeness (QED) is 0.341. The SMILES string of the molecule is O=C(Nc1ccc([N+](=O)[O-])cc1)OCCCCCCCl. The fourth-order valence-corrected chi connectivity index (χ4v) is 1.72. The van der Waals surface area contributed by atoms with Crippen LogP contribution in [-0.2, 0) is 4.74 Å². The molecule has 20 heavy (non-hydrogen) atoms. The molecule has 0 aliphatic heterocycles. The molecule has 1 rings (SSSR count). The number of amides is 1. The standard InChI is InChI=1S/C13H17ClN2O4/c14-9-3-1-2-4-10-20-13(17)15-11-5-7-12(8-6-11)16(18)19/h5-8H,1-4,9-10H2,(H,15,17). The van der Waals surface area contributed by atoms with Crippen molar-refractivity contribution in [2.24, 2.45) is 0 Å². The molecular formula is C13H17ClN2O4. The largest absolute Gasteiger partial charge is 0.449 e. The summed E-state index contributed by atoms with van der Waals surface area (Å²) in [5, 5.41) is 13.0. The average molecular weight is 301 g/mol. The number of rotatable bonds is 8. The molecule has 6 nitrogen and oxygen atoms in total. The first-order valence-corrected chi connectivity index (χ1v) is 6.91. The van der Waals surface area contributed by atoms with Gasteiger partial charge in [0.05, 0.1) is 11.5 Å². The maximum Gasteiger partial charge on any atom is 0.411 e. The highest BCUT2D eigenvalue weighted by Gasteiger charge is 2.06. The maximum atomic E-state index is 11.4. The van der Waals surface area contributed by atoms with E-state index in [4.69, 9.17) is 16.3 Å². The van der Waals surface area contributed by atoms with Gasteiger partial charge in [0.25, 0.3) is 5.69 Å². The number of nitro benzene ring substituents is 1. The van der Waals surface area contributed by atoms with Crippen LogP contribution in [-0.4, -0.2) is 23.5 Å². The number of ether oxygens (including phenoxy) is 1. The molecule has 0 unspecified atom stereocenters. The van der Waals surface area contributed by atoms with Gasteiger partial charge in [-0.3, -0.25) is 15.4 Å². The summed E-state index contributed by atoms with van der Waals surface area (Å²) < 4.78 is 4.99. The van der Waals surface area contributed by atoms with E-state index in [0.29, 0.717) is 18.2 Å². The molecule has 1 N–H and O–H groups in total. The highest BCUT2D eigenvalue weighted by molar-refractivity contribution is 6.17. The van der Waals surface area contributed by atoms with E-state index in [1.165, 1.54) is 24.3 Å². The van der Waals surface area contributed by atoms with Crippen LogP contribution < -0.4 is 5.32 Å². The van der Waals surface area contributed by atoms with Gasteiger partial charge in [0, 0.05) is 23.7 Å². The fourth-order valence-electron chi connectivity index (χ4n) is 1.54. The lowest BCUT2D eigenvalue weighted by Gasteiger charge is -2.06. The van der Waals surface area contributed by atoms with Gasteiger partial charge in [0.15, 0.2) is 0 Å². The number of nitrogens with zero attached hydrogens (tertiary/aromatic N) is 1. The minimum Gasteiger partial charge on any atom is -0.449 e. The first kappa shape index (κ1) is 16.2. The first-order chi connectivity index (χ1) is 9.63. The van der Waals surface area contributed by atoms with Crippen molar-refractivity contribution >= 4 is 29.1 Å². The lowest BCUT2D eigenvalue weighted by molar-refractivity contribution is -0.384. The van der Waals surface area contributed by atoms with Crippen molar-refractivity contribution in [2.45, 2.75) is 25.7 Å². The van der Waals surface area contributed by atoms with Gasteiger partial charge in [-0.15, -0.1) is 11.6 Å². The third-order valence-corrected chi connectivity index (χ3v) is 2.85. The van der Waals surface area contributed by atoms with Crippen molar-refractivity contribution in [3.05, 3.63) is 34.4 Å². The van der Waals surface area contributed by atoms with Crippen molar-refractivity contribution in [3.8, 4) is 0 Å². The number of unbranched alkanes of at least 4 members (excludes halogenated alkanes) is 3. The Bertz CT molecular complexity index is 437. The number of nitro groups is 1. The molecule has 0 atom stereocenters. The lowest BCUT2D eigenvalue weighted by atomic mass is 10.2. The summed E-state index contributed by atoms with van der Waals surface area (Å²) in [6, 6.07) is 5.56. The summed E-state index contributed by atoms with van der Waals surface area (Å²) in [5.74, 6) is 0.654. The third-order valence-electron chi connectivity index (χ3n) is 2.59. The molecule has 1 aromatic rings. The van der Waals surface area contributed by atoms with Crippen LogP contribution in [0, 0.1) is 10.1 Å². The van der Waals surface area contributed by atoms with E-state index in [1.807, 2.05) is 0 Å². The topological polar surface area (TPSA) is 81.5 Å². The molecule has 0 spiro atoms. The molecule has 0 heterocycles. The summed E-state index contributed by atoms with van der Waals surface area (Å²) in [6.45, 7) is 0.348. The number of alkyl halides is 1. The van der Waals surface area contributed by atoms with Gasteiger partial charge < -0.3 is 4.74 Å². The van der Waals surface area contributed by atoms with Crippen LogP contribution in [0.3, 0.4) is 0 Å². The fraction of sp³-hybridized carbons (Fsp3) is 0.462. The van der Waals surface area contributed by atoms with Gasteiger partial charge in [-0.25, -0.2) is 4.79 Å². The number of benzene rings is 1. The summed E-state index contributed by atoms with van der Waals surface area (Å²) in [4.78, 5) is 21.4. The number of carbonyl (C=O) groups excluding carboxylic acids is 1. The molecule has 0 saturated heterocycles. The average Bonchev–Trinajstić information content (AvgIpc) is 2.43. The Labute approximate surface area is 122 Å². The van der Waals surface area contributed by atoms with E-state index in [2.05, 4.69) is 5.32 Å². The molecule has 0 aliphatic rings. The Morgan fingerprint density at radius 2 is 1.85 bits per heavy atom. The van der Waals surface area contributed by atoms with Crippen molar-refractivity contribution in [3.63, 3.8) is 0 Å². The Hall–Kier alpha value is -1.82. The Morgan fingerprint density at radius 3 is 2.45 bits per heavy atom. The Balaban J connectivity index is 2.23. The summed E-state index contributed by atoms with van der Waals surface area (Å²) in [5.41, 5.74) is 0.436. The number of carbonyl (C=O) groups is 1. The van der Waals surface area contributed by atoms with Crippen LogP contribution in [0.2, 0.25) is 0 Å². The van der Waals surface area contributed by atoms with Crippen molar-refractivity contribution in [1.29, 1.82) is 0 Å². The van der Waals surface area contributed by atoms with Gasteiger partial charge in [-0.05, 0) is 25.0 Å². The number of hydrogen-bond acceptors (Lipinski definition) is 4. The summed E-state index contributed by atoms with van der Waals surface area (Å²) >= 11 is 5.55. The van der Waals surface area contributed by atoms with Crippen LogP contribution in [0.25, 0.3) is 0 Å². The van der Waals surface area contributed by atoms with E-state index in [-0.39, 0.29) is 5.69 Å². The van der Waals surface area contributed by atoms with E-state index in [1.54, 1.807) is 0 Å². The van der Waals surface area contributed by atoms with E-state index < -0.39 is 11.0 Å². The maximum absolute atomic E-state index is 11.4. The predicted octanol–water partition coefficient (Wildman–Crippen LogP) is 3.94. The van der Waals surface area contributed by atoms with Gasteiger partial charge in [-0.2, -0.15) is 0 Å². The van der Waals surface area contributed by atoms with Gasteiger partial charge in [-0.1, -0.05) is 12.8 Å². The highest BCUT2D eigenvalue weighted by Crippen LogP contribution is 2.15. The van der Waals surface area contributed by atoms with Gasteiger partial charge in [0.2, 0.25) is 0 Å². The van der Waals surface area contributed by atoms with E-state index >= 15 is 0 Å². The molecule has 0 aliphatic carbocycles. The number of non-ortho nitro benzene ring substituents is 1. The Kier molecular flexibility index (Phi) is 7.42. The zero-order chi connectivity index (χ0) is 14.8. The highest BCUT2D eigenvalue weighted by atomic mass is 35.5. The van der Waals surface area contributed by atoms with Crippen LogP contribution in [0.1, 0.15) is 25.7 Å². The molecule has 1 aromatic carbocycles. The van der Waals surface area contributed by atoms with E-state index in [0.717, 1.165) is 25.7 Å². The Morgan fingerprint density at radius 1 is 1.20 bits per heavy atom. The molecule has 0 bridgehead atoms. The predicted molar refractivity (Wildman–Crippen MR) is 77.3 cm³/mol. The smallest absolute Gasteiger partial charge is 0.411 e. The number of anilines is 1.